The maximum absolute atomic E-state index is 3.97. The fraction of sp³-hybridized carbons (Fsp3) is 0.895. The van der Waals surface area contributed by atoms with Crippen LogP contribution in [0, 0.1) is 35.5 Å². The van der Waals surface area contributed by atoms with Gasteiger partial charge in [0.15, 0.2) is 0 Å². The second kappa shape index (κ2) is 6.95. The summed E-state index contributed by atoms with van der Waals surface area (Å²) < 4.78 is 0. The van der Waals surface area contributed by atoms with Crippen LogP contribution in [0.4, 0.5) is 0 Å². The molecule has 0 aromatic rings. The van der Waals surface area contributed by atoms with Crippen LogP contribution in [0.25, 0.3) is 0 Å². The van der Waals surface area contributed by atoms with Gasteiger partial charge in [-0.25, -0.2) is 0 Å². The average molecular weight is 262 g/mol. The minimum absolute atomic E-state index is 0.827. The van der Waals surface area contributed by atoms with Gasteiger partial charge in [0.2, 0.25) is 0 Å². The van der Waals surface area contributed by atoms with Crippen LogP contribution in [0.3, 0.4) is 0 Å². The van der Waals surface area contributed by atoms with E-state index in [4.69, 9.17) is 0 Å². The Labute approximate surface area is 121 Å². The third-order valence-electron chi connectivity index (χ3n) is 6.43. The Morgan fingerprint density at radius 3 is 1.68 bits per heavy atom. The van der Waals surface area contributed by atoms with Gasteiger partial charge in [-0.1, -0.05) is 26.8 Å². The molecule has 110 valence electrons. The predicted octanol–water partition coefficient (Wildman–Crippen LogP) is 6.08. The lowest BCUT2D eigenvalue weighted by Gasteiger charge is -2.39. The quantitative estimate of drug-likeness (QED) is 0.539. The van der Waals surface area contributed by atoms with Crippen molar-refractivity contribution in [1.82, 2.24) is 0 Å². The zero-order chi connectivity index (χ0) is 13.8. The molecule has 0 aliphatic heterocycles. The van der Waals surface area contributed by atoms with Gasteiger partial charge in [-0.05, 0) is 86.9 Å². The summed E-state index contributed by atoms with van der Waals surface area (Å²) in [5.74, 6) is 5.74. The molecule has 0 heterocycles. The molecule has 2 aliphatic carbocycles. The molecular formula is C19H34. The number of hydrogen-bond donors (Lipinski definition) is 0. The summed E-state index contributed by atoms with van der Waals surface area (Å²) in [6, 6.07) is 0. The summed E-state index contributed by atoms with van der Waals surface area (Å²) in [7, 11) is 0. The summed E-state index contributed by atoms with van der Waals surface area (Å²) in [6.45, 7) is 11.2. The highest BCUT2D eigenvalue weighted by molar-refractivity contribution is 4.88. The molecule has 0 nitrogen and oxygen atoms in total. The molecule has 0 amide bonds. The van der Waals surface area contributed by atoms with Gasteiger partial charge >= 0.3 is 0 Å². The van der Waals surface area contributed by atoms with Crippen molar-refractivity contribution in [2.24, 2.45) is 35.5 Å². The first-order chi connectivity index (χ1) is 9.11. The molecule has 0 N–H and O–H groups in total. The van der Waals surface area contributed by atoms with Crippen molar-refractivity contribution < 1.29 is 0 Å². The first kappa shape index (κ1) is 15.1. The molecule has 1 atom stereocenters. The van der Waals surface area contributed by atoms with E-state index >= 15 is 0 Å². The van der Waals surface area contributed by atoms with E-state index in [-0.39, 0.29) is 0 Å². The summed E-state index contributed by atoms with van der Waals surface area (Å²) in [5.41, 5.74) is 0. The van der Waals surface area contributed by atoms with E-state index in [2.05, 4.69) is 33.4 Å². The van der Waals surface area contributed by atoms with E-state index in [1.54, 1.807) is 0 Å². The van der Waals surface area contributed by atoms with Gasteiger partial charge in [0, 0.05) is 0 Å². The highest BCUT2D eigenvalue weighted by atomic mass is 14.4. The van der Waals surface area contributed by atoms with E-state index in [1.165, 1.54) is 51.4 Å². The second-order valence-corrected chi connectivity index (χ2v) is 7.69. The molecule has 1 unspecified atom stereocenters. The first-order valence-electron chi connectivity index (χ1n) is 8.74. The Morgan fingerprint density at radius 2 is 1.26 bits per heavy atom. The molecule has 2 aliphatic rings. The molecular weight excluding hydrogens is 228 g/mol. The van der Waals surface area contributed by atoms with Crippen molar-refractivity contribution in [3.63, 3.8) is 0 Å². The lowest BCUT2D eigenvalue weighted by Crippen LogP contribution is -2.28. The highest BCUT2D eigenvalue weighted by Crippen LogP contribution is 2.43. The third kappa shape index (κ3) is 3.86. The Kier molecular flexibility index (Phi) is 5.54. The highest BCUT2D eigenvalue weighted by Gasteiger charge is 2.32. The van der Waals surface area contributed by atoms with Crippen LogP contribution in [0.1, 0.15) is 72.1 Å². The fourth-order valence-corrected chi connectivity index (χ4v) is 4.54. The third-order valence-corrected chi connectivity index (χ3v) is 6.43. The molecule has 19 heavy (non-hydrogen) atoms. The SMILES string of the molecule is C=CC1CCC(C2CCC(C(C)C(C)C)CC2)CC1. The van der Waals surface area contributed by atoms with Crippen molar-refractivity contribution in [2.75, 3.05) is 0 Å². The normalized spacial score (nSPS) is 38.1. The van der Waals surface area contributed by atoms with Crippen molar-refractivity contribution in [2.45, 2.75) is 72.1 Å². The summed E-state index contributed by atoms with van der Waals surface area (Å²) in [6.07, 6.45) is 14.0. The van der Waals surface area contributed by atoms with E-state index in [9.17, 15) is 0 Å². The standard InChI is InChI=1S/C19H34/c1-5-16-6-8-18(9-7-16)19-12-10-17(11-13-19)15(4)14(2)3/h5,14-19H,1,6-13H2,2-4H3. The van der Waals surface area contributed by atoms with E-state index in [0.717, 1.165) is 35.5 Å². The zero-order valence-electron chi connectivity index (χ0n) is 13.4. The van der Waals surface area contributed by atoms with Gasteiger partial charge in [-0.2, -0.15) is 0 Å². The molecule has 0 radical (unpaired) electrons. The van der Waals surface area contributed by atoms with Crippen LogP contribution in [-0.2, 0) is 0 Å². The summed E-state index contributed by atoms with van der Waals surface area (Å²) >= 11 is 0. The van der Waals surface area contributed by atoms with Crippen LogP contribution >= 0.6 is 0 Å². The Hall–Kier alpha value is -0.260. The molecule has 0 bridgehead atoms. The van der Waals surface area contributed by atoms with E-state index < -0.39 is 0 Å². The molecule has 2 fully saturated rings. The smallest absolute Gasteiger partial charge is 0.0236 e. The van der Waals surface area contributed by atoms with Gasteiger partial charge in [-0.15, -0.1) is 6.58 Å². The van der Waals surface area contributed by atoms with Crippen LogP contribution < -0.4 is 0 Å². The van der Waals surface area contributed by atoms with E-state index in [1.807, 2.05) is 0 Å². The van der Waals surface area contributed by atoms with Crippen molar-refractivity contribution in [3.8, 4) is 0 Å². The van der Waals surface area contributed by atoms with Gasteiger partial charge in [0.1, 0.15) is 0 Å². The molecule has 0 heteroatoms. The molecule has 0 aromatic heterocycles. The molecule has 0 saturated heterocycles. The first-order valence-corrected chi connectivity index (χ1v) is 8.74. The maximum Gasteiger partial charge on any atom is -0.0236 e. The largest absolute Gasteiger partial charge is 0.103 e. The predicted molar refractivity (Wildman–Crippen MR) is 85.1 cm³/mol. The topological polar surface area (TPSA) is 0 Å². The van der Waals surface area contributed by atoms with Gasteiger partial charge in [-0.3, -0.25) is 0 Å². The molecule has 0 aromatic carbocycles. The summed E-state index contributed by atoms with van der Waals surface area (Å²) in [5, 5.41) is 0. The number of allylic oxidation sites excluding steroid dienone is 1. The van der Waals surface area contributed by atoms with Crippen LogP contribution in [0.5, 0.6) is 0 Å². The Balaban J connectivity index is 1.76. The van der Waals surface area contributed by atoms with Gasteiger partial charge < -0.3 is 0 Å². The average Bonchev–Trinajstić information content (AvgIpc) is 2.46. The zero-order valence-corrected chi connectivity index (χ0v) is 13.4. The van der Waals surface area contributed by atoms with Gasteiger partial charge in [0.05, 0.1) is 0 Å². The lowest BCUT2D eigenvalue weighted by atomic mass is 9.66. The van der Waals surface area contributed by atoms with Crippen LogP contribution in [0.15, 0.2) is 12.7 Å². The summed E-state index contributed by atoms with van der Waals surface area (Å²) in [4.78, 5) is 0. The second-order valence-electron chi connectivity index (χ2n) is 7.69. The maximum atomic E-state index is 3.97. The van der Waals surface area contributed by atoms with Gasteiger partial charge in [0.25, 0.3) is 0 Å². The Morgan fingerprint density at radius 1 is 0.789 bits per heavy atom. The monoisotopic (exact) mass is 262 g/mol. The van der Waals surface area contributed by atoms with Crippen molar-refractivity contribution in [3.05, 3.63) is 12.7 Å². The van der Waals surface area contributed by atoms with Crippen LogP contribution in [0.2, 0.25) is 0 Å². The lowest BCUT2D eigenvalue weighted by molar-refractivity contribution is 0.122. The minimum atomic E-state index is 0.827. The number of rotatable bonds is 4. The molecule has 0 spiro atoms. The minimum Gasteiger partial charge on any atom is -0.103 e. The van der Waals surface area contributed by atoms with E-state index in [0.29, 0.717) is 0 Å². The van der Waals surface area contributed by atoms with Crippen molar-refractivity contribution in [1.29, 1.82) is 0 Å². The fourth-order valence-electron chi connectivity index (χ4n) is 4.54. The Bertz CT molecular complexity index is 262. The molecule has 2 rings (SSSR count). The number of hydrogen-bond acceptors (Lipinski definition) is 0. The molecule has 2 saturated carbocycles. The van der Waals surface area contributed by atoms with Crippen molar-refractivity contribution >= 4 is 0 Å². The van der Waals surface area contributed by atoms with Crippen LogP contribution in [-0.4, -0.2) is 0 Å².